The molecule has 0 fully saturated rings. The Labute approximate surface area is 73.2 Å². The van der Waals surface area contributed by atoms with Gasteiger partial charge in [0.15, 0.2) is 0 Å². The van der Waals surface area contributed by atoms with Gasteiger partial charge < -0.3 is 9.72 Å². The number of hydrogen-bond donors (Lipinski definition) is 1. The van der Waals surface area contributed by atoms with Crippen molar-refractivity contribution in [3.05, 3.63) is 18.2 Å². The molecule has 0 bridgehead atoms. The van der Waals surface area contributed by atoms with E-state index in [1.165, 1.54) is 0 Å². The summed E-state index contributed by atoms with van der Waals surface area (Å²) in [5.74, 6) is 0. The average Bonchev–Trinajstić information content (AvgIpc) is 2.36. The normalized spacial score (nSPS) is 11.9. The van der Waals surface area contributed by atoms with Gasteiger partial charge in [0.25, 0.3) is 0 Å². The highest BCUT2D eigenvalue weighted by molar-refractivity contribution is 4.93. The van der Waals surface area contributed by atoms with Crippen LogP contribution in [0.15, 0.2) is 12.5 Å². The van der Waals surface area contributed by atoms with Crippen LogP contribution in [0.4, 0.5) is 0 Å². The third-order valence-corrected chi connectivity index (χ3v) is 1.45. The molecule has 1 N–H and O–H groups in total. The summed E-state index contributed by atoms with van der Waals surface area (Å²) in [4.78, 5) is 7.01. The summed E-state index contributed by atoms with van der Waals surface area (Å²) in [6.45, 7) is 6.89. The quantitative estimate of drug-likeness (QED) is 0.746. The highest BCUT2D eigenvalue weighted by Gasteiger charge is 2.09. The highest BCUT2D eigenvalue weighted by Crippen LogP contribution is 2.07. The fraction of sp³-hybridized carbons (Fsp3) is 0.667. The van der Waals surface area contributed by atoms with Crippen molar-refractivity contribution in [2.75, 3.05) is 6.61 Å². The molecule has 0 aliphatic carbocycles. The van der Waals surface area contributed by atoms with Crippen LogP contribution < -0.4 is 0 Å². The predicted octanol–water partition coefficient (Wildman–Crippen LogP) is 1.77. The van der Waals surface area contributed by atoms with Crippen LogP contribution in [0.3, 0.4) is 0 Å². The van der Waals surface area contributed by atoms with Crippen molar-refractivity contribution in [1.29, 1.82) is 0 Å². The zero-order valence-corrected chi connectivity index (χ0v) is 7.92. The van der Waals surface area contributed by atoms with Crippen LogP contribution in [0.1, 0.15) is 26.5 Å². The summed E-state index contributed by atoms with van der Waals surface area (Å²) in [7, 11) is 0. The van der Waals surface area contributed by atoms with E-state index in [4.69, 9.17) is 4.74 Å². The van der Waals surface area contributed by atoms with Gasteiger partial charge in [0.1, 0.15) is 0 Å². The molecule has 1 aromatic rings. The Hall–Kier alpha value is -0.830. The Bertz CT molecular complexity index is 211. The molecule has 1 rings (SSSR count). The molecule has 0 atom stereocenters. The summed E-state index contributed by atoms with van der Waals surface area (Å²) in [6, 6.07) is 0. The number of aromatic amines is 1. The highest BCUT2D eigenvalue weighted by atomic mass is 16.5. The number of nitrogens with one attached hydrogen (secondary N) is 1. The smallest absolute Gasteiger partial charge is 0.0923 e. The van der Waals surface area contributed by atoms with Gasteiger partial charge in [0.05, 0.1) is 24.2 Å². The van der Waals surface area contributed by atoms with E-state index in [2.05, 4.69) is 30.7 Å². The summed E-state index contributed by atoms with van der Waals surface area (Å²) in [5.41, 5.74) is 1.01. The van der Waals surface area contributed by atoms with Crippen molar-refractivity contribution < 1.29 is 4.74 Å². The van der Waals surface area contributed by atoms with Crippen LogP contribution in [0, 0.1) is 0 Å². The van der Waals surface area contributed by atoms with Crippen LogP contribution >= 0.6 is 0 Å². The van der Waals surface area contributed by atoms with Gasteiger partial charge in [-0.3, -0.25) is 0 Å². The lowest BCUT2D eigenvalue weighted by atomic mass is 10.2. The van der Waals surface area contributed by atoms with Crippen LogP contribution in [-0.2, 0) is 11.2 Å². The molecule has 0 unspecified atom stereocenters. The molecule has 0 aliphatic rings. The molecule has 3 nitrogen and oxygen atoms in total. The first-order valence-electron chi connectivity index (χ1n) is 4.19. The minimum absolute atomic E-state index is 0.0453. The van der Waals surface area contributed by atoms with Crippen LogP contribution in [-0.4, -0.2) is 22.2 Å². The van der Waals surface area contributed by atoms with Crippen molar-refractivity contribution in [2.24, 2.45) is 0 Å². The molecule has 12 heavy (non-hydrogen) atoms. The number of rotatable bonds is 3. The van der Waals surface area contributed by atoms with E-state index in [1.807, 2.05) is 6.20 Å². The fourth-order valence-electron chi connectivity index (χ4n) is 0.889. The second-order valence-corrected chi connectivity index (χ2v) is 3.77. The average molecular weight is 168 g/mol. The minimum Gasteiger partial charge on any atom is -0.375 e. The molecule has 1 aromatic heterocycles. The molecule has 0 saturated heterocycles. The summed E-state index contributed by atoms with van der Waals surface area (Å²) in [6.07, 6.45) is 4.46. The first-order valence-corrected chi connectivity index (χ1v) is 4.19. The number of nitrogens with zero attached hydrogens (tertiary/aromatic N) is 1. The molecule has 0 aromatic carbocycles. The van der Waals surface area contributed by atoms with E-state index in [0.29, 0.717) is 0 Å². The Balaban J connectivity index is 2.20. The molecular formula is C9H16N2O. The van der Waals surface area contributed by atoms with E-state index in [0.717, 1.165) is 18.7 Å². The summed E-state index contributed by atoms with van der Waals surface area (Å²) >= 11 is 0. The molecule has 3 heteroatoms. The third-order valence-electron chi connectivity index (χ3n) is 1.45. The molecule has 0 spiro atoms. The van der Waals surface area contributed by atoms with Crippen LogP contribution in [0.2, 0.25) is 0 Å². The third kappa shape index (κ3) is 3.53. The molecule has 68 valence electrons. The zero-order valence-electron chi connectivity index (χ0n) is 7.92. The van der Waals surface area contributed by atoms with E-state index >= 15 is 0 Å². The number of aromatic nitrogens is 2. The first kappa shape index (κ1) is 9.26. The number of H-pyrrole nitrogens is 1. The lowest BCUT2D eigenvalue weighted by Crippen LogP contribution is -2.20. The fourth-order valence-corrected chi connectivity index (χ4v) is 0.889. The van der Waals surface area contributed by atoms with Crippen LogP contribution in [0.5, 0.6) is 0 Å². The zero-order chi connectivity index (χ0) is 9.03. The second-order valence-electron chi connectivity index (χ2n) is 3.77. The lowest BCUT2D eigenvalue weighted by molar-refractivity contribution is -0.00124. The Morgan fingerprint density at radius 2 is 2.25 bits per heavy atom. The van der Waals surface area contributed by atoms with Gasteiger partial charge in [-0.25, -0.2) is 4.98 Å². The van der Waals surface area contributed by atoms with Gasteiger partial charge in [-0.05, 0) is 20.8 Å². The SMILES string of the molecule is CC(C)(C)OCCc1c[nH]cn1. The molecular weight excluding hydrogens is 152 g/mol. The first-order chi connectivity index (χ1) is 5.58. The molecule has 0 radical (unpaired) electrons. The van der Waals surface area contributed by atoms with Crippen molar-refractivity contribution in [3.63, 3.8) is 0 Å². The van der Waals surface area contributed by atoms with Crippen molar-refractivity contribution in [2.45, 2.75) is 32.8 Å². The maximum absolute atomic E-state index is 5.55. The maximum Gasteiger partial charge on any atom is 0.0923 e. The number of hydrogen-bond acceptors (Lipinski definition) is 2. The standard InChI is InChI=1S/C9H16N2O/c1-9(2,3)12-5-4-8-6-10-7-11-8/h6-7H,4-5H2,1-3H3,(H,10,11). The van der Waals surface area contributed by atoms with Gasteiger partial charge >= 0.3 is 0 Å². The van der Waals surface area contributed by atoms with Gasteiger partial charge in [-0.2, -0.15) is 0 Å². The van der Waals surface area contributed by atoms with Gasteiger partial charge in [0.2, 0.25) is 0 Å². The maximum atomic E-state index is 5.55. The molecule has 0 aliphatic heterocycles. The largest absolute Gasteiger partial charge is 0.375 e. The van der Waals surface area contributed by atoms with E-state index in [1.54, 1.807) is 6.33 Å². The van der Waals surface area contributed by atoms with E-state index in [9.17, 15) is 0 Å². The van der Waals surface area contributed by atoms with Gasteiger partial charge in [-0.1, -0.05) is 0 Å². The minimum atomic E-state index is -0.0453. The number of imidazole rings is 1. The van der Waals surface area contributed by atoms with Gasteiger partial charge in [-0.15, -0.1) is 0 Å². The van der Waals surface area contributed by atoms with Crippen molar-refractivity contribution in [3.8, 4) is 0 Å². The summed E-state index contributed by atoms with van der Waals surface area (Å²) < 4.78 is 5.55. The molecule has 0 amide bonds. The van der Waals surface area contributed by atoms with Crippen molar-refractivity contribution in [1.82, 2.24) is 9.97 Å². The van der Waals surface area contributed by atoms with Crippen molar-refractivity contribution >= 4 is 0 Å². The van der Waals surface area contributed by atoms with E-state index in [-0.39, 0.29) is 5.60 Å². The summed E-state index contributed by atoms with van der Waals surface area (Å²) in [5, 5.41) is 0. The topological polar surface area (TPSA) is 37.9 Å². The monoisotopic (exact) mass is 168 g/mol. The van der Waals surface area contributed by atoms with Crippen LogP contribution in [0.25, 0.3) is 0 Å². The van der Waals surface area contributed by atoms with Gasteiger partial charge in [0, 0.05) is 12.6 Å². The Morgan fingerprint density at radius 3 is 2.75 bits per heavy atom. The molecule has 1 heterocycles. The Morgan fingerprint density at radius 1 is 1.50 bits per heavy atom. The lowest BCUT2D eigenvalue weighted by Gasteiger charge is -2.18. The number of ether oxygens (including phenoxy) is 1. The second kappa shape index (κ2) is 3.72. The van der Waals surface area contributed by atoms with E-state index < -0.39 is 0 Å². The Kier molecular flexibility index (Phi) is 2.87. The predicted molar refractivity (Wildman–Crippen MR) is 48.0 cm³/mol. The molecule has 0 saturated carbocycles.